The zero-order valence-electron chi connectivity index (χ0n) is 20.6. The van der Waals surface area contributed by atoms with E-state index in [1.165, 1.54) is 6.07 Å². The number of nitrogens with zero attached hydrogens (tertiary/aromatic N) is 4. The number of carbonyl (C=O) groups is 1. The number of nitrogens with one attached hydrogen (secondary N) is 1. The molecule has 186 valence electrons. The van der Waals surface area contributed by atoms with Gasteiger partial charge in [-0.25, -0.2) is 13.5 Å². The normalized spacial score (nSPS) is 19.5. The SMILES string of the molecule is Cc1c(-c2cnn(C)c2)nn(-c2ccccc2)c1CC(=O)N[C@@H]1CC(C)C[C@H]1c1ccc(F)c(F)c1. The molecule has 1 amide bonds. The number of para-hydroxylation sites is 1. The van der Waals surface area contributed by atoms with E-state index in [0.717, 1.165) is 47.1 Å². The minimum absolute atomic E-state index is 0.0647. The summed E-state index contributed by atoms with van der Waals surface area (Å²) in [5, 5.41) is 12.3. The molecule has 1 unspecified atom stereocenters. The Morgan fingerprint density at radius 3 is 2.58 bits per heavy atom. The van der Waals surface area contributed by atoms with Crippen LogP contribution in [0.15, 0.2) is 60.9 Å². The van der Waals surface area contributed by atoms with Crippen molar-refractivity contribution >= 4 is 5.91 Å². The molecule has 2 aromatic heterocycles. The molecule has 5 rings (SSSR count). The molecule has 0 aliphatic heterocycles. The molecule has 0 saturated heterocycles. The lowest BCUT2D eigenvalue weighted by Crippen LogP contribution is -2.38. The second kappa shape index (κ2) is 9.68. The molecule has 1 N–H and O–H groups in total. The molecule has 2 heterocycles. The van der Waals surface area contributed by atoms with Gasteiger partial charge >= 0.3 is 0 Å². The Balaban J connectivity index is 1.42. The lowest BCUT2D eigenvalue weighted by Gasteiger charge is -2.22. The molecule has 1 aliphatic carbocycles. The van der Waals surface area contributed by atoms with Gasteiger partial charge in [-0.3, -0.25) is 9.48 Å². The van der Waals surface area contributed by atoms with E-state index in [4.69, 9.17) is 5.10 Å². The van der Waals surface area contributed by atoms with Crippen LogP contribution in [-0.4, -0.2) is 31.5 Å². The predicted octanol–water partition coefficient (Wildman–Crippen LogP) is 5.10. The molecule has 1 fully saturated rings. The number of hydrogen-bond acceptors (Lipinski definition) is 3. The van der Waals surface area contributed by atoms with Crippen molar-refractivity contribution in [1.82, 2.24) is 24.9 Å². The van der Waals surface area contributed by atoms with Gasteiger partial charge in [0, 0.05) is 30.8 Å². The first kappa shape index (κ1) is 23.9. The summed E-state index contributed by atoms with van der Waals surface area (Å²) in [7, 11) is 1.85. The Bertz CT molecular complexity index is 1390. The quantitative estimate of drug-likeness (QED) is 0.410. The van der Waals surface area contributed by atoms with Gasteiger partial charge in [0.1, 0.15) is 0 Å². The summed E-state index contributed by atoms with van der Waals surface area (Å²) in [5.74, 6) is -1.55. The summed E-state index contributed by atoms with van der Waals surface area (Å²) < 4.78 is 31.0. The number of rotatable bonds is 6. The summed E-state index contributed by atoms with van der Waals surface area (Å²) >= 11 is 0. The van der Waals surface area contributed by atoms with E-state index < -0.39 is 11.6 Å². The van der Waals surface area contributed by atoms with Gasteiger partial charge in [0.15, 0.2) is 11.6 Å². The van der Waals surface area contributed by atoms with Crippen LogP contribution < -0.4 is 5.32 Å². The van der Waals surface area contributed by atoms with Gasteiger partial charge in [0.25, 0.3) is 0 Å². The third kappa shape index (κ3) is 4.67. The zero-order chi connectivity index (χ0) is 25.4. The molecule has 3 atom stereocenters. The highest BCUT2D eigenvalue weighted by atomic mass is 19.2. The second-order valence-corrected chi connectivity index (χ2v) is 9.78. The fourth-order valence-electron chi connectivity index (χ4n) is 5.31. The number of benzene rings is 2. The van der Waals surface area contributed by atoms with Crippen molar-refractivity contribution in [3.8, 4) is 16.9 Å². The van der Waals surface area contributed by atoms with Crippen LogP contribution in [-0.2, 0) is 18.3 Å². The van der Waals surface area contributed by atoms with E-state index in [-0.39, 0.29) is 24.3 Å². The lowest BCUT2D eigenvalue weighted by molar-refractivity contribution is -0.121. The molecular formula is C28H29F2N5O. The van der Waals surface area contributed by atoms with Crippen LogP contribution in [0.1, 0.15) is 42.5 Å². The fraction of sp³-hybridized carbons (Fsp3) is 0.321. The molecule has 1 aliphatic rings. The zero-order valence-corrected chi connectivity index (χ0v) is 20.6. The molecule has 2 aromatic carbocycles. The first-order valence-corrected chi connectivity index (χ1v) is 12.2. The Morgan fingerprint density at radius 1 is 1.11 bits per heavy atom. The number of hydrogen-bond donors (Lipinski definition) is 1. The third-order valence-electron chi connectivity index (χ3n) is 7.07. The largest absolute Gasteiger partial charge is 0.352 e. The fourth-order valence-corrected chi connectivity index (χ4v) is 5.31. The van der Waals surface area contributed by atoms with Crippen molar-refractivity contribution in [3.63, 3.8) is 0 Å². The van der Waals surface area contributed by atoms with Gasteiger partial charge in [-0.15, -0.1) is 0 Å². The molecule has 8 heteroatoms. The van der Waals surface area contributed by atoms with Gasteiger partial charge in [-0.05, 0) is 61.1 Å². The van der Waals surface area contributed by atoms with Crippen molar-refractivity contribution in [2.75, 3.05) is 0 Å². The average Bonchev–Trinajstić information content (AvgIpc) is 3.54. The monoisotopic (exact) mass is 489 g/mol. The molecule has 0 radical (unpaired) electrons. The summed E-state index contributed by atoms with van der Waals surface area (Å²) in [6, 6.07) is 13.6. The minimum Gasteiger partial charge on any atom is -0.352 e. The van der Waals surface area contributed by atoms with Crippen LogP contribution in [0.2, 0.25) is 0 Å². The predicted molar refractivity (Wildman–Crippen MR) is 134 cm³/mol. The van der Waals surface area contributed by atoms with Crippen molar-refractivity contribution < 1.29 is 13.6 Å². The summed E-state index contributed by atoms with van der Waals surface area (Å²) in [4.78, 5) is 13.4. The summed E-state index contributed by atoms with van der Waals surface area (Å²) in [6.45, 7) is 4.09. The average molecular weight is 490 g/mol. The van der Waals surface area contributed by atoms with Crippen LogP contribution in [0.5, 0.6) is 0 Å². The molecule has 36 heavy (non-hydrogen) atoms. The van der Waals surface area contributed by atoms with Gasteiger partial charge in [-0.1, -0.05) is 31.2 Å². The highest BCUT2D eigenvalue weighted by molar-refractivity contribution is 5.80. The first-order valence-electron chi connectivity index (χ1n) is 12.2. The van der Waals surface area contributed by atoms with E-state index >= 15 is 0 Å². The van der Waals surface area contributed by atoms with Crippen LogP contribution in [0.3, 0.4) is 0 Å². The molecule has 6 nitrogen and oxygen atoms in total. The van der Waals surface area contributed by atoms with E-state index in [1.807, 2.05) is 55.2 Å². The van der Waals surface area contributed by atoms with E-state index in [9.17, 15) is 13.6 Å². The number of carbonyl (C=O) groups excluding carboxylic acids is 1. The molecular weight excluding hydrogens is 460 g/mol. The number of amides is 1. The van der Waals surface area contributed by atoms with Gasteiger partial charge in [0.05, 0.1) is 29.7 Å². The van der Waals surface area contributed by atoms with Crippen molar-refractivity contribution in [2.24, 2.45) is 13.0 Å². The number of aromatic nitrogens is 4. The maximum Gasteiger partial charge on any atom is 0.226 e. The Hall–Kier alpha value is -3.81. The second-order valence-electron chi connectivity index (χ2n) is 9.78. The Kier molecular flexibility index (Phi) is 6.43. The topological polar surface area (TPSA) is 64.7 Å². The van der Waals surface area contributed by atoms with Crippen LogP contribution in [0, 0.1) is 24.5 Å². The van der Waals surface area contributed by atoms with Crippen LogP contribution >= 0.6 is 0 Å². The third-order valence-corrected chi connectivity index (χ3v) is 7.07. The van der Waals surface area contributed by atoms with E-state index in [1.54, 1.807) is 16.9 Å². The number of halogens is 2. The first-order chi connectivity index (χ1) is 17.3. The van der Waals surface area contributed by atoms with Crippen LogP contribution in [0.4, 0.5) is 8.78 Å². The Morgan fingerprint density at radius 2 is 1.89 bits per heavy atom. The van der Waals surface area contributed by atoms with Crippen molar-refractivity contribution in [3.05, 3.63) is 89.4 Å². The standard InChI is InChI=1S/C28H29F2N5O/c1-17-11-22(19-9-10-23(29)24(30)13-19)25(12-17)32-27(36)14-26-18(2)28(20-15-31-34(3)16-20)33-35(26)21-7-5-4-6-8-21/h4-10,13,15-17,22,25H,11-12,14H2,1-3H3,(H,32,36)/t17?,22-,25+/m0/s1. The van der Waals surface area contributed by atoms with Crippen molar-refractivity contribution in [2.45, 2.75) is 45.1 Å². The van der Waals surface area contributed by atoms with Crippen molar-refractivity contribution in [1.29, 1.82) is 0 Å². The number of aryl methyl sites for hydroxylation is 1. The van der Waals surface area contributed by atoms with E-state index in [2.05, 4.69) is 17.3 Å². The molecule has 0 bridgehead atoms. The van der Waals surface area contributed by atoms with Gasteiger partial charge in [0.2, 0.25) is 5.91 Å². The Labute approximate surface area is 209 Å². The molecule has 4 aromatic rings. The lowest BCUT2D eigenvalue weighted by atomic mass is 9.93. The maximum absolute atomic E-state index is 13.9. The van der Waals surface area contributed by atoms with E-state index in [0.29, 0.717) is 11.5 Å². The molecule has 0 spiro atoms. The smallest absolute Gasteiger partial charge is 0.226 e. The summed E-state index contributed by atoms with van der Waals surface area (Å²) in [5.41, 5.74) is 4.96. The highest BCUT2D eigenvalue weighted by Gasteiger charge is 2.35. The van der Waals surface area contributed by atoms with Gasteiger partial charge < -0.3 is 5.32 Å². The minimum atomic E-state index is -0.862. The highest BCUT2D eigenvalue weighted by Crippen LogP contribution is 2.39. The van der Waals surface area contributed by atoms with Crippen LogP contribution in [0.25, 0.3) is 16.9 Å². The maximum atomic E-state index is 13.9. The summed E-state index contributed by atoms with van der Waals surface area (Å²) in [6.07, 6.45) is 5.40. The molecule has 1 saturated carbocycles. The van der Waals surface area contributed by atoms with Gasteiger partial charge in [-0.2, -0.15) is 10.2 Å².